The van der Waals surface area contributed by atoms with Gasteiger partial charge in [0.1, 0.15) is 0 Å². The predicted molar refractivity (Wildman–Crippen MR) is 60.2 cm³/mol. The van der Waals surface area contributed by atoms with E-state index < -0.39 is 22.3 Å². The Morgan fingerprint density at radius 2 is 2.12 bits per heavy atom. The summed E-state index contributed by atoms with van der Waals surface area (Å²) in [6.45, 7) is 5.24. The summed E-state index contributed by atoms with van der Waals surface area (Å²) in [5.74, 6) is -1.86. The molecule has 0 radical (unpaired) electrons. The molecular formula is C11H11NO5. The Hall–Kier alpha value is -2.37. The minimum absolute atomic E-state index is 0.0131. The highest BCUT2D eigenvalue weighted by atomic mass is 16.6. The van der Waals surface area contributed by atoms with Gasteiger partial charge in [-0.15, -0.1) is 0 Å². The van der Waals surface area contributed by atoms with Crippen molar-refractivity contribution >= 4 is 11.7 Å². The molecule has 0 heterocycles. The summed E-state index contributed by atoms with van der Waals surface area (Å²) < 4.78 is 0. The number of phenols is 1. The van der Waals surface area contributed by atoms with Crippen molar-refractivity contribution in [3.8, 4) is 5.75 Å². The molecule has 0 aromatic heterocycles. The molecule has 1 aromatic rings. The molecule has 17 heavy (non-hydrogen) atoms. The molecule has 90 valence electrons. The van der Waals surface area contributed by atoms with E-state index in [0.29, 0.717) is 5.57 Å². The third kappa shape index (κ3) is 2.60. The van der Waals surface area contributed by atoms with Crippen LogP contribution in [0.2, 0.25) is 0 Å². The molecule has 0 bridgehead atoms. The smallest absolute Gasteiger partial charge is 0.336 e. The average molecular weight is 237 g/mol. The maximum atomic E-state index is 10.9. The molecule has 0 aliphatic carbocycles. The first-order chi connectivity index (χ1) is 7.84. The van der Waals surface area contributed by atoms with Gasteiger partial charge in [-0.2, -0.15) is 0 Å². The summed E-state index contributed by atoms with van der Waals surface area (Å²) in [5, 5.41) is 29.2. The molecule has 1 aromatic carbocycles. The van der Waals surface area contributed by atoms with Crippen molar-refractivity contribution in [1.29, 1.82) is 0 Å². The Balaban J connectivity index is 3.46. The van der Waals surface area contributed by atoms with E-state index in [4.69, 9.17) is 5.11 Å². The first-order valence-corrected chi connectivity index (χ1v) is 4.71. The molecule has 1 rings (SSSR count). The van der Waals surface area contributed by atoms with Crippen LogP contribution in [0.25, 0.3) is 0 Å². The number of carbonyl (C=O) groups is 1. The molecule has 0 saturated carbocycles. The normalized spacial score (nSPS) is 9.94. The van der Waals surface area contributed by atoms with Gasteiger partial charge in [0, 0.05) is 11.6 Å². The lowest BCUT2D eigenvalue weighted by Crippen LogP contribution is -2.05. The maximum absolute atomic E-state index is 10.9. The number of rotatable bonds is 4. The molecule has 2 N–H and O–H groups in total. The van der Waals surface area contributed by atoms with E-state index >= 15 is 0 Å². The van der Waals surface area contributed by atoms with Crippen molar-refractivity contribution in [3.63, 3.8) is 0 Å². The number of carboxylic acid groups (broad SMARTS) is 1. The lowest BCUT2D eigenvalue weighted by Gasteiger charge is -2.08. The van der Waals surface area contributed by atoms with Crippen molar-refractivity contribution in [1.82, 2.24) is 0 Å². The average Bonchev–Trinajstić information content (AvgIpc) is 2.19. The Morgan fingerprint density at radius 3 is 2.53 bits per heavy atom. The van der Waals surface area contributed by atoms with E-state index in [1.165, 1.54) is 0 Å². The standard InChI is InChI=1S/C11H11NO5/c1-6(2)5-8-7(11(14)15)3-4-9(10(8)13)12(16)17/h3-4,13H,1,5H2,2H3,(H,14,15). The second-order valence-corrected chi connectivity index (χ2v) is 3.66. The van der Waals surface area contributed by atoms with Crippen LogP contribution in [0.1, 0.15) is 22.8 Å². The molecular weight excluding hydrogens is 226 g/mol. The van der Waals surface area contributed by atoms with Crippen molar-refractivity contribution in [2.24, 2.45) is 0 Å². The number of phenolic OH excluding ortho intramolecular Hbond substituents is 1. The summed E-state index contributed by atoms with van der Waals surface area (Å²) in [7, 11) is 0. The summed E-state index contributed by atoms with van der Waals surface area (Å²) >= 11 is 0. The van der Waals surface area contributed by atoms with Gasteiger partial charge in [-0.1, -0.05) is 12.2 Å². The van der Waals surface area contributed by atoms with E-state index in [2.05, 4.69) is 6.58 Å². The number of nitrogens with zero attached hydrogens (tertiary/aromatic N) is 1. The van der Waals surface area contributed by atoms with E-state index in [0.717, 1.165) is 12.1 Å². The van der Waals surface area contributed by atoms with E-state index in [-0.39, 0.29) is 17.5 Å². The van der Waals surface area contributed by atoms with E-state index in [9.17, 15) is 20.0 Å². The number of nitro benzene ring substituents is 1. The van der Waals surface area contributed by atoms with Crippen LogP contribution in [0.15, 0.2) is 24.3 Å². The molecule has 0 saturated heterocycles. The number of allylic oxidation sites excluding steroid dienone is 1. The Bertz CT molecular complexity index is 507. The minimum Gasteiger partial charge on any atom is -0.502 e. The number of nitro groups is 1. The summed E-state index contributed by atoms with van der Waals surface area (Å²) in [4.78, 5) is 20.8. The van der Waals surface area contributed by atoms with Gasteiger partial charge >= 0.3 is 11.7 Å². The predicted octanol–water partition coefficient (Wildman–Crippen LogP) is 2.12. The lowest BCUT2D eigenvalue weighted by atomic mass is 9.99. The first-order valence-electron chi connectivity index (χ1n) is 4.71. The number of hydrogen-bond donors (Lipinski definition) is 2. The number of benzene rings is 1. The molecule has 0 aliphatic rings. The summed E-state index contributed by atoms with van der Waals surface area (Å²) in [5.41, 5.74) is -0.0511. The zero-order valence-corrected chi connectivity index (χ0v) is 9.14. The highest BCUT2D eigenvalue weighted by molar-refractivity contribution is 5.91. The van der Waals surface area contributed by atoms with Crippen LogP contribution in [-0.4, -0.2) is 21.1 Å². The second-order valence-electron chi connectivity index (χ2n) is 3.66. The fourth-order valence-corrected chi connectivity index (χ4v) is 1.45. The highest BCUT2D eigenvalue weighted by Gasteiger charge is 2.22. The molecule has 0 atom stereocenters. The van der Waals surface area contributed by atoms with Crippen LogP contribution in [0.4, 0.5) is 5.69 Å². The molecule has 0 aliphatic heterocycles. The van der Waals surface area contributed by atoms with Crippen molar-refractivity contribution in [2.75, 3.05) is 0 Å². The van der Waals surface area contributed by atoms with Gasteiger partial charge in [0.25, 0.3) is 0 Å². The summed E-state index contributed by atoms with van der Waals surface area (Å²) in [6.07, 6.45) is 0.0785. The highest BCUT2D eigenvalue weighted by Crippen LogP contribution is 2.33. The monoisotopic (exact) mass is 237 g/mol. The second kappa shape index (κ2) is 4.65. The number of aromatic carboxylic acids is 1. The third-order valence-corrected chi connectivity index (χ3v) is 2.17. The first kappa shape index (κ1) is 12.7. The summed E-state index contributed by atoms with van der Waals surface area (Å²) in [6, 6.07) is 2.08. The molecule has 0 amide bonds. The van der Waals surface area contributed by atoms with Crippen LogP contribution in [0, 0.1) is 10.1 Å². The topological polar surface area (TPSA) is 101 Å². The van der Waals surface area contributed by atoms with Gasteiger partial charge in [-0.05, 0) is 19.4 Å². The fraction of sp³-hybridized carbons (Fsp3) is 0.182. The van der Waals surface area contributed by atoms with E-state index in [1.54, 1.807) is 6.92 Å². The van der Waals surface area contributed by atoms with Crippen molar-refractivity contribution in [3.05, 3.63) is 45.5 Å². The van der Waals surface area contributed by atoms with Crippen LogP contribution in [-0.2, 0) is 6.42 Å². The molecule has 0 fully saturated rings. The Kier molecular flexibility index (Phi) is 3.47. The van der Waals surface area contributed by atoms with Gasteiger partial charge in [0.15, 0.2) is 5.75 Å². The van der Waals surface area contributed by atoms with Crippen LogP contribution in [0.3, 0.4) is 0 Å². The number of carboxylic acids is 1. The number of hydrogen-bond acceptors (Lipinski definition) is 4. The van der Waals surface area contributed by atoms with Gasteiger partial charge in [-0.3, -0.25) is 10.1 Å². The van der Waals surface area contributed by atoms with Gasteiger partial charge in [-0.25, -0.2) is 4.79 Å². The lowest BCUT2D eigenvalue weighted by molar-refractivity contribution is -0.385. The van der Waals surface area contributed by atoms with Crippen LogP contribution < -0.4 is 0 Å². The van der Waals surface area contributed by atoms with Crippen molar-refractivity contribution < 1.29 is 19.9 Å². The zero-order valence-electron chi connectivity index (χ0n) is 9.14. The number of aromatic hydroxyl groups is 1. The molecule has 6 heteroatoms. The van der Waals surface area contributed by atoms with Crippen molar-refractivity contribution in [2.45, 2.75) is 13.3 Å². The van der Waals surface area contributed by atoms with E-state index in [1.807, 2.05) is 0 Å². The molecule has 0 unspecified atom stereocenters. The minimum atomic E-state index is -1.24. The quantitative estimate of drug-likeness (QED) is 0.474. The fourth-order valence-electron chi connectivity index (χ4n) is 1.45. The van der Waals surface area contributed by atoms with Gasteiger partial charge in [0.2, 0.25) is 0 Å². The Labute approximate surface area is 97.0 Å². The molecule has 6 nitrogen and oxygen atoms in total. The Morgan fingerprint density at radius 1 is 1.53 bits per heavy atom. The zero-order chi connectivity index (χ0) is 13.2. The SMILES string of the molecule is C=C(C)Cc1c(C(=O)O)ccc([N+](=O)[O-])c1O. The van der Waals surface area contributed by atoms with Crippen LogP contribution >= 0.6 is 0 Å². The largest absolute Gasteiger partial charge is 0.502 e. The molecule has 0 spiro atoms. The van der Waals surface area contributed by atoms with Gasteiger partial charge in [0.05, 0.1) is 10.5 Å². The third-order valence-electron chi connectivity index (χ3n) is 2.17. The van der Waals surface area contributed by atoms with Gasteiger partial charge < -0.3 is 10.2 Å². The maximum Gasteiger partial charge on any atom is 0.336 e. The van der Waals surface area contributed by atoms with Crippen LogP contribution in [0.5, 0.6) is 5.75 Å².